The highest BCUT2D eigenvalue weighted by Crippen LogP contribution is 2.45. The summed E-state index contributed by atoms with van der Waals surface area (Å²) < 4.78 is 16.9. The van der Waals surface area contributed by atoms with Crippen molar-refractivity contribution in [2.75, 3.05) is 25.6 Å². The van der Waals surface area contributed by atoms with E-state index >= 15 is 0 Å². The molecule has 14 nitrogen and oxygen atoms in total. The first-order chi connectivity index (χ1) is 22.0. The summed E-state index contributed by atoms with van der Waals surface area (Å²) in [5.41, 5.74) is 0.308. The van der Waals surface area contributed by atoms with Crippen LogP contribution in [0.5, 0.6) is 11.5 Å². The normalized spacial score (nSPS) is 25.1. The average Bonchev–Trinajstić information content (AvgIpc) is 3.38. The van der Waals surface area contributed by atoms with Crippen molar-refractivity contribution in [2.24, 2.45) is 5.92 Å². The smallest absolute Gasteiger partial charge is 0.407 e. The van der Waals surface area contributed by atoms with Gasteiger partial charge in [-0.2, -0.15) is 0 Å². The minimum Gasteiger partial charge on any atom is -0.497 e. The number of carboxylic acids is 1. The molecule has 0 unspecified atom stereocenters. The Bertz CT molecular complexity index is 1730. The Morgan fingerprint density at radius 1 is 1.26 bits per heavy atom. The molecular formula is C31H34N6O8S. The van der Waals surface area contributed by atoms with Gasteiger partial charge in [-0.05, 0) is 32.4 Å². The maximum absolute atomic E-state index is 13.6. The third-order valence-corrected chi connectivity index (χ3v) is 9.07. The van der Waals surface area contributed by atoms with Crippen molar-refractivity contribution >= 4 is 51.2 Å². The van der Waals surface area contributed by atoms with Crippen LogP contribution in [0.1, 0.15) is 26.7 Å². The van der Waals surface area contributed by atoms with Crippen LogP contribution in [0.2, 0.25) is 0 Å². The summed E-state index contributed by atoms with van der Waals surface area (Å²) in [6.45, 7) is 7.53. The number of nitrogens with zero attached hydrogens (tertiary/aromatic N) is 3. The largest absolute Gasteiger partial charge is 0.497 e. The third-order valence-electron chi connectivity index (χ3n) is 8.30. The molecule has 1 saturated carbocycles. The standard InChI is InChI=1S/C31H34N6O8S/c1-5-16-11-31(16,28(40)41)36-26(38)24-9-18(12-37(24)27(39)22-13-44-30(42)35-22)45-25-10-21(23-14-46-29(34-23)32-15(2)3)33-20-8-17(43-4)6-7-19(20)25/h5-8,10,14-16,18,22,24H,1,9,11-13H2,2-4H3,(H,32,34)(H,35,42)(H,36,38)(H,40,41)/t16-,18-,22+,24+,31-/m1/s1. The van der Waals surface area contributed by atoms with Gasteiger partial charge >= 0.3 is 12.1 Å². The summed E-state index contributed by atoms with van der Waals surface area (Å²) in [6, 6.07) is 5.30. The van der Waals surface area contributed by atoms with Crippen molar-refractivity contribution in [3.63, 3.8) is 0 Å². The number of hydrogen-bond donors (Lipinski definition) is 4. The molecule has 2 aromatic heterocycles. The van der Waals surface area contributed by atoms with E-state index in [1.807, 2.05) is 25.3 Å². The van der Waals surface area contributed by atoms with Crippen LogP contribution in [-0.4, -0.2) is 93.9 Å². The molecule has 1 aromatic carbocycles. The van der Waals surface area contributed by atoms with E-state index in [1.165, 1.54) is 22.3 Å². The molecule has 0 bridgehead atoms. The number of carboxylic acid groups (broad SMARTS) is 1. The van der Waals surface area contributed by atoms with Gasteiger partial charge in [-0.25, -0.2) is 19.6 Å². The van der Waals surface area contributed by atoms with Crippen LogP contribution >= 0.6 is 11.3 Å². The zero-order valence-electron chi connectivity index (χ0n) is 25.4. The fraction of sp³-hybridized carbons (Fsp3) is 0.419. The molecule has 2 saturated heterocycles. The maximum atomic E-state index is 13.6. The number of methoxy groups -OCH3 is 1. The molecule has 3 aliphatic rings. The molecule has 2 aliphatic heterocycles. The van der Waals surface area contributed by atoms with Crippen LogP contribution in [0.4, 0.5) is 9.93 Å². The number of nitrogens with one attached hydrogen (secondary N) is 3. The number of aromatic nitrogens is 2. The Kier molecular flexibility index (Phi) is 8.19. The maximum Gasteiger partial charge on any atom is 0.407 e. The van der Waals surface area contributed by atoms with Gasteiger partial charge < -0.3 is 40.2 Å². The average molecular weight is 651 g/mol. The Morgan fingerprint density at radius 3 is 2.72 bits per heavy atom. The number of carbonyl (C=O) groups excluding carboxylic acids is 3. The lowest BCUT2D eigenvalue weighted by molar-refractivity contribution is -0.145. The second-order valence-electron chi connectivity index (χ2n) is 11.8. The van der Waals surface area contributed by atoms with Crippen LogP contribution in [0, 0.1) is 5.92 Å². The Hall–Kier alpha value is -4.92. The predicted octanol–water partition coefficient (Wildman–Crippen LogP) is 2.79. The number of hydrogen-bond acceptors (Lipinski definition) is 11. The quantitative estimate of drug-likeness (QED) is 0.224. The molecule has 5 atom stereocenters. The number of likely N-dealkylation sites (tertiary alicyclic amines) is 1. The van der Waals surface area contributed by atoms with E-state index < -0.39 is 53.5 Å². The number of fused-ring (bicyclic) bond motifs is 1. The highest BCUT2D eigenvalue weighted by Gasteiger charge is 2.61. The molecule has 3 fully saturated rings. The van der Waals surface area contributed by atoms with E-state index in [2.05, 4.69) is 27.5 Å². The SMILES string of the molecule is C=C[C@@H]1C[C@]1(NC(=O)[C@@H]1C[C@@H](Oc2cc(-c3csc(NC(C)C)n3)nc3cc(OC)ccc23)CN1C(=O)[C@@H]1COC(=O)N1)C(=O)O. The van der Waals surface area contributed by atoms with Crippen molar-refractivity contribution in [2.45, 2.75) is 56.5 Å². The fourth-order valence-corrected chi connectivity index (χ4v) is 6.68. The lowest BCUT2D eigenvalue weighted by atomic mass is 10.1. The molecule has 242 valence electrons. The fourth-order valence-electron chi connectivity index (χ4n) is 5.83. The molecular weight excluding hydrogens is 616 g/mol. The first-order valence-corrected chi connectivity index (χ1v) is 15.7. The van der Waals surface area contributed by atoms with Gasteiger partial charge in [0.1, 0.15) is 47.5 Å². The topological polar surface area (TPSA) is 181 Å². The molecule has 3 amide bonds. The monoisotopic (exact) mass is 650 g/mol. The van der Waals surface area contributed by atoms with Gasteiger partial charge in [-0.15, -0.1) is 17.9 Å². The van der Waals surface area contributed by atoms with E-state index in [-0.39, 0.29) is 32.0 Å². The number of aliphatic carboxylic acids is 1. The summed E-state index contributed by atoms with van der Waals surface area (Å²) in [5, 5.41) is 21.6. The van der Waals surface area contributed by atoms with Gasteiger partial charge in [0.25, 0.3) is 0 Å². The molecule has 4 N–H and O–H groups in total. The number of cyclic esters (lactones) is 1. The summed E-state index contributed by atoms with van der Waals surface area (Å²) in [4.78, 5) is 61.8. The number of anilines is 1. The van der Waals surface area contributed by atoms with Crippen molar-refractivity contribution < 1.29 is 38.5 Å². The molecule has 46 heavy (non-hydrogen) atoms. The predicted molar refractivity (Wildman–Crippen MR) is 168 cm³/mol. The molecule has 6 rings (SSSR count). The minimum atomic E-state index is -1.48. The Morgan fingerprint density at radius 2 is 2.07 bits per heavy atom. The zero-order chi connectivity index (χ0) is 32.7. The van der Waals surface area contributed by atoms with Gasteiger partial charge in [-0.1, -0.05) is 6.08 Å². The molecule has 3 aromatic rings. The molecule has 15 heteroatoms. The number of amides is 3. The number of carbonyl (C=O) groups is 4. The number of rotatable bonds is 11. The zero-order valence-corrected chi connectivity index (χ0v) is 26.3. The number of thiazole rings is 1. The van der Waals surface area contributed by atoms with E-state index in [0.29, 0.717) is 33.8 Å². The van der Waals surface area contributed by atoms with E-state index in [9.17, 15) is 24.3 Å². The van der Waals surface area contributed by atoms with Crippen LogP contribution < -0.4 is 25.4 Å². The van der Waals surface area contributed by atoms with Crippen molar-refractivity contribution in [1.29, 1.82) is 0 Å². The van der Waals surface area contributed by atoms with Crippen LogP contribution in [0.15, 0.2) is 42.3 Å². The Balaban J connectivity index is 1.31. The second kappa shape index (κ2) is 12.1. The second-order valence-corrected chi connectivity index (χ2v) is 12.7. The molecule has 4 heterocycles. The van der Waals surface area contributed by atoms with Crippen LogP contribution in [-0.2, 0) is 19.1 Å². The van der Waals surface area contributed by atoms with Gasteiger partial charge in [0.2, 0.25) is 11.8 Å². The number of ether oxygens (including phenoxy) is 3. The summed E-state index contributed by atoms with van der Waals surface area (Å²) in [5.74, 6) is -1.71. The van der Waals surface area contributed by atoms with Gasteiger partial charge in [-0.3, -0.25) is 9.59 Å². The number of pyridine rings is 1. The summed E-state index contributed by atoms with van der Waals surface area (Å²) in [7, 11) is 1.56. The van der Waals surface area contributed by atoms with Gasteiger partial charge in [0.15, 0.2) is 5.13 Å². The van der Waals surface area contributed by atoms with E-state index in [0.717, 1.165) is 5.13 Å². The highest BCUT2D eigenvalue weighted by atomic mass is 32.1. The first-order valence-electron chi connectivity index (χ1n) is 14.8. The molecule has 0 radical (unpaired) electrons. The van der Waals surface area contributed by atoms with Gasteiger partial charge in [0.05, 0.1) is 24.9 Å². The summed E-state index contributed by atoms with van der Waals surface area (Å²) in [6.07, 6.45) is 0.367. The number of benzene rings is 1. The van der Waals surface area contributed by atoms with E-state index in [1.54, 1.807) is 25.3 Å². The van der Waals surface area contributed by atoms with Gasteiger partial charge in [0, 0.05) is 41.3 Å². The minimum absolute atomic E-state index is 0.00269. The van der Waals surface area contributed by atoms with Crippen molar-refractivity contribution in [3.8, 4) is 22.9 Å². The number of alkyl carbamates (subject to hydrolysis) is 1. The Labute approximate surface area is 268 Å². The highest BCUT2D eigenvalue weighted by molar-refractivity contribution is 7.14. The van der Waals surface area contributed by atoms with Crippen LogP contribution in [0.3, 0.4) is 0 Å². The lowest BCUT2D eigenvalue weighted by Gasteiger charge is -2.27. The van der Waals surface area contributed by atoms with E-state index in [4.69, 9.17) is 19.2 Å². The third kappa shape index (κ3) is 5.89. The summed E-state index contributed by atoms with van der Waals surface area (Å²) >= 11 is 1.45. The van der Waals surface area contributed by atoms with Crippen molar-refractivity contribution in [3.05, 3.63) is 42.3 Å². The first kappa shape index (κ1) is 31.1. The molecule has 0 spiro atoms. The van der Waals surface area contributed by atoms with Crippen LogP contribution in [0.25, 0.3) is 22.3 Å². The van der Waals surface area contributed by atoms with Crippen molar-refractivity contribution in [1.82, 2.24) is 25.5 Å². The lowest BCUT2D eigenvalue weighted by Crippen LogP contribution is -2.55. The molecule has 1 aliphatic carbocycles.